The Bertz CT molecular complexity index is 2540. The second-order valence-electron chi connectivity index (χ2n) is 13.9. The molecular formula is C55H42. The van der Waals surface area contributed by atoms with Crippen molar-refractivity contribution in [3.05, 3.63) is 261 Å². The van der Waals surface area contributed by atoms with Gasteiger partial charge in [-0.3, -0.25) is 0 Å². The zero-order valence-corrected chi connectivity index (χ0v) is 31.0. The van der Waals surface area contributed by atoms with Crippen LogP contribution >= 0.6 is 0 Å². The van der Waals surface area contributed by atoms with E-state index in [-0.39, 0.29) is 0 Å². The Hall–Kier alpha value is -7.02. The van der Waals surface area contributed by atoms with Gasteiger partial charge in [0.05, 0.1) is 0 Å². The van der Waals surface area contributed by atoms with Crippen molar-refractivity contribution in [1.29, 1.82) is 0 Å². The quantitative estimate of drug-likeness (QED) is 0.124. The van der Waals surface area contributed by atoms with Gasteiger partial charge in [0.1, 0.15) is 0 Å². The van der Waals surface area contributed by atoms with Gasteiger partial charge in [-0.25, -0.2) is 0 Å². The summed E-state index contributed by atoms with van der Waals surface area (Å²) in [6.45, 7) is 2.16. The van der Waals surface area contributed by atoms with Gasteiger partial charge in [0.2, 0.25) is 0 Å². The summed E-state index contributed by atoms with van der Waals surface area (Å²) in [5.41, 5.74) is 15.6. The molecule has 8 rings (SSSR count). The molecule has 0 heterocycles. The molecule has 0 unspecified atom stereocenters. The molecule has 262 valence electrons. The number of rotatable bonds is 10. The van der Waals surface area contributed by atoms with Crippen LogP contribution < -0.4 is 0 Å². The second-order valence-corrected chi connectivity index (χ2v) is 13.9. The minimum Gasteiger partial charge on any atom is -0.0622 e. The first-order chi connectivity index (χ1) is 27.1. The van der Waals surface area contributed by atoms with Crippen LogP contribution in [0.2, 0.25) is 0 Å². The van der Waals surface area contributed by atoms with Crippen molar-refractivity contribution in [2.75, 3.05) is 0 Å². The lowest BCUT2D eigenvalue weighted by atomic mass is 9.95. The van der Waals surface area contributed by atoms with Gasteiger partial charge in [-0.1, -0.05) is 218 Å². The minimum absolute atomic E-state index is 1.16. The highest BCUT2D eigenvalue weighted by Crippen LogP contribution is 2.29. The van der Waals surface area contributed by atoms with Gasteiger partial charge in [0.25, 0.3) is 0 Å². The standard InChI is InChI=1S/C55H42/c1-41-22-34-51-37-46(32-27-42-23-28-44(29-24-42)39-54(47-14-6-2-7-15-47)48-16-8-3-9-17-48)38-52(53(51)36-41)35-33-43-25-30-45(31-26-43)40-55(49-18-10-4-11-19-49)50-20-12-5-13-21-50/h2-40H,1H3/b32-27+,35-33+. The Morgan fingerprint density at radius 1 is 0.327 bits per heavy atom. The fourth-order valence-corrected chi connectivity index (χ4v) is 7.01. The molecule has 0 aliphatic heterocycles. The number of hydrogen-bond donors (Lipinski definition) is 0. The first kappa shape index (κ1) is 35.0. The van der Waals surface area contributed by atoms with Gasteiger partial charge in [-0.05, 0) is 109 Å². The van der Waals surface area contributed by atoms with Crippen LogP contribution in [0.25, 0.3) is 58.4 Å². The summed E-state index contributed by atoms with van der Waals surface area (Å²) >= 11 is 0. The molecule has 0 N–H and O–H groups in total. The number of fused-ring (bicyclic) bond motifs is 1. The third kappa shape index (κ3) is 8.79. The van der Waals surface area contributed by atoms with Crippen molar-refractivity contribution >= 4 is 58.4 Å². The smallest absolute Gasteiger partial charge is 0.0105 e. The van der Waals surface area contributed by atoms with Crippen molar-refractivity contribution < 1.29 is 0 Å². The third-order valence-corrected chi connectivity index (χ3v) is 9.92. The number of aryl methyl sites for hydroxylation is 1. The number of benzene rings is 8. The van der Waals surface area contributed by atoms with Crippen LogP contribution in [0, 0.1) is 6.92 Å². The van der Waals surface area contributed by atoms with E-state index in [1.807, 2.05) is 0 Å². The lowest BCUT2D eigenvalue weighted by molar-refractivity contribution is 1.50. The third-order valence-electron chi connectivity index (χ3n) is 9.92. The van der Waals surface area contributed by atoms with Gasteiger partial charge >= 0.3 is 0 Å². The molecule has 0 aromatic heterocycles. The molecule has 55 heavy (non-hydrogen) atoms. The van der Waals surface area contributed by atoms with Crippen LogP contribution in [0.1, 0.15) is 61.2 Å². The van der Waals surface area contributed by atoms with Crippen LogP contribution in [-0.2, 0) is 0 Å². The predicted molar refractivity (Wildman–Crippen MR) is 239 cm³/mol. The van der Waals surface area contributed by atoms with E-state index in [1.54, 1.807) is 0 Å². The molecule has 0 atom stereocenters. The lowest BCUT2D eigenvalue weighted by Crippen LogP contribution is -1.88. The fraction of sp³-hybridized carbons (Fsp3) is 0.0182. The normalized spacial score (nSPS) is 11.2. The molecular weight excluding hydrogens is 661 g/mol. The molecule has 0 saturated carbocycles. The summed E-state index contributed by atoms with van der Waals surface area (Å²) in [5, 5.41) is 2.49. The Kier molecular flexibility index (Phi) is 10.7. The average molecular weight is 703 g/mol. The molecule has 8 aromatic rings. The SMILES string of the molecule is Cc1ccc2cc(/C=C/c3ccc(C=C(c4ccccc4)c4ccccc4)cc3)cc(/C=C/c3ccc(C=C(c4ccccc4)c4ccccc4)cc3)c2c1. The maximum Gasteiger partial charge on any atom is -0.0105 e. The van der Waals surface area contributed by atoms with Crippen molar-refractivity contribution in [3.8, 4) is 0 Å². The molecule has 0 aliphatic carbocycles. The van der Waals surface area contributed by atoms with Crippen molar-refractivity contribution in [1.82, 2.24) is 0 Å². The van der Waals surface area contributed by atoms with Gasteiger partial charge in [-0.2, -0.15) is 0 Å². The highest BCUT2D eigenvalue weighted by atomic mass is 14.1. The average Bonchev–Trinajstić information content (AvgIpc) is 3.25. The molecule has 0 radical (unpaired) electrons. The van der Waals surface area contributed by atoms with Crippen LogP contribution in [-0.4, -0.2) is 0 Å². The topological polar surface area (TPSA) is 0 Å². The highest BCUT2D eigenvalue weighted by molar-refractivity contribution is 5.96. The molecule has 0 aliphatic rings. The zero-order chi connectivity index (χ0) is 37.2. The summed E-state index contributed by atoms with van der Waals surface area (Å²) in [4.78, 5) is 0. The van der Waals surface area contributed by atoms with Crippen LogP contribution in [0.4, 0.5) is 0 Å². The first-order valence-corrected chi connectivity index (χ1v) is 18.9. The maximum absolute atomic E-state index is 2.29. The van der Waals surface area contributed by atoms with E-state index in [0.29, 0.717) is 0 Å². The first-order valence-electron chi connectivity index (χ1n) is 18.9. The summed E-state index contributed by atoms with van der Waals surface area (Å²) in [5.74, 6) is 0. The van der Waals surface area contributed by atoms with Crippen molar-refractivity contribution in [2.45, 2.75) is 6.92 Å². The van der Waals surface area contributed by atoms with E-state index in [2.05, 4.69) is 244 Å². The molecule has 8 aromatic carbocycles. The van der Waals surface area contributed by atoms with Gasteiger partial charge < -0.3 is 0 Å². The molecule has 0 bridgehead atoms. The Balaban J connectivity index is 1.04. The fourth-order valence-electron chi connectivity index (χ4n) is 7.01. The van der Waals surface area contributed by atoms with E-state index in [4.69, 9.17) is 0 Å². The Morgan fingerprint density at radius 3 is 1.15 bits per heavy atom. The Labute approximate surface area is 325 Å². The molecule has 0 spiro atoms. The predicted octanol–water partition coefficient (Wildman–Crippen LogP) is 14.7. The van der Waals surface area contributed by atoms with E-state index >= 15 is 0 Å². The van der Waals surface area contributed by atoms with Crippen molar-refractivity contribution in [2.24, 2.45) is 0 Å². The maximum atomic E-state index is 2.29. The van der Waals surface area contributed by atoms with Crippen molar-refractivity contribution in [3.63, 3.8) is 0 Å². The lowest BCUT2D eigenvalue weighted by Gasteiger charge is -2.09. The van der Waals surface area contributed by atoms with Crippen LogP contribution in [0.5, 0.6) is 0 Å². The molecule has 0 fully saturated rings. The van der Waals surface area contributed by atoms with E-state index < -0.39 is 0 Å². The second kappa shape index (κ2) is 16.8. The zero-order valence-electron chi connectivity index (χ0n) is 31.0. The highest BCUT2D eigenvalue weighted by Gasteiger charge is 2.07. The minimum atomic E-state index is 1.16. The summed E-state index contributed by atoms with van der Waals surface area (Å²) in [6.07, 6.45) is 13.5. The van der Waals surface area contributed by atoms with E-state index in [0.717, 1.165) is 11.1 Å². The number of hydrogen-bond acceptors (Lipinski definition) is 0. The molecule has 0 nitrogen and oxygen atoms in total. The van der Waals surface area contributed by atoms with E-state index in [1.165, 1.54) is 72.0 Å². The van der Waals surface area contributed by atoms with Crippen LogP contribution in [0.3, 0.4) is 0 Å². The van der Waals surface area contributed by atoms with Gasteiger partial charge in [0, 0.05) is 0 Å². The molecule has 0 amide bonds. The summed E-state index contributed by atoms with van der Waals surface area (Å²) in [6, 6.07) is 71.3. The van der Waals surface area contributed by atoms with E-state index in [9.17, 15) is 0 Å². The Morgan fingerprint density at radius 2 is 0.709 bits per heavy atom. The molecule has 0 heteroatoms. The summed E-state index contributed by atoms with van der Waals surface area (Å²) in [7, 11) is 0. The largest absolute Gasteiger partial charge is 0.0622 e. The van der Waals surface area contributed by atoms with Crippen LogP contribution in [0.15, 0.2) is 200 Å². The van der Waals surface area contributed by atoms with Gasteiger partial charge in [0.15, 0.2) is 0 Å². The molecule has 0 saturated heterocycles. The summed E-state index contributed by atoms with van der Waals surface area (Å²) < 4.78 is 0. The monoisotopic (exact) mass is 702 g/mol. The van der Waals surface area contributed by atoms with Gasteiger partial charge in [-0.15, -0.1) is 0 Å².